The van der Waals surface area contributed by atoms with Crippen molar-refractivity contribution >= 4 is 5.84 Å². The summed E-state index contributed by atoms with van der Waals surface area (Å²) in [5.74, 6) is 6.17. The van der Waals surface area contributed by atoms with E-state index >= 15 is 0 Å². The lowest BCUT2D eigenvalue weighted by Gasteiger charge is -2.06. The van der Waals surface area contributed by atoms with Crippen molar-refractivity contribution in [2.75, 3.05) is 6.54 Å². The van der Waals surface area contributed by atoms with Crippen LogP contribution in [0, 0.1) is 6.92 Å². The molecule has 0 atom stereocenters. The number of nitrogens with one attached hydrogen (secondary N) is 1. The molecule has 0 unspecified atom stereocenters. The monoisotopic (exact) mass is 191 g/mol. The molecule has 3 nitrogen and oxygen atoms in total. The van der Waals surface area contributed by atoms with Gasteiger partial charge >= 0.3 is 0 Å². The first-order valence-electron chi connectivity index (χ1n) is 4.86. The quantitative estimate of drug-likeness (QED) is 0.330. The summed E-state index contributed by atoms with van der Waals surface area (Å²) in [6.45, 7) is 4.94. The van der Waals surface area contributed by atoms with E-state index in [0.717, 1.165) is 24.4 Å². The summed E-state index contributed by atoms with van der Waals surface area (Å²) in [6, 6.07) is 8.12. The van der Waals surface area contributed by atoms with Crippen LogP contribution in [0.3, 0.4) is 0 Å². The number of aliphatic imine (C=N–C) groups is 1. The largest absolute Gasteiger partial charge is 0.308 e. The molecule has 0 heterocycles. The molecule has 0 aliphatic heterocycles. The zero-order valence-corrected chi connectivity index (χ0v) is 8.75. The summed E-state index contributed by atoms with van der Waals surface area (Å²) in [7, 11) is 0. The van der Waals surface area contributed by atoms with Crippen LogP contribution in [0.1, 0.15) is 24.5 Å². The molecule has 14 heavy (non-hydrogen) atoms. The lowest BCUT2D eigenvalue weighted by Crippen LogP contribution is -2.31. The van der Waals surface area contributed by atoms with E-state index in [1.54, 1.807) is 0 Å². The Hall–Kier alpha value is -1.35. The number of rotatable bonds is 3. The van der Waals surface area contributed by atoms with Crippen molar-refractivity contribution in [2.24, 2.45) is 10.8 Å². The third-order valence-corrected chi connectivity index (χ3v) is 1.92. The summed E-state index contributed by atoms with van der Waals surface area (Å²) in [5.41, 5.74) is 4.88. The smallest absolute Gasteiger partial charge is 0.142 e. The lowest BCUT2D eigenvalue weighted by atomic mass is 10.1. The van der Waals surface area contributed by atoms with E-state index in [9.17, 15) is 0 Å². The lowest BCUT2D eigenvalue weighted by molar-refractivity contribution is 0.907. The highest BCUT2D eigenvalue weighted by molar-refractivity contribution is 5.98. The summed E-state index contributed by atoms with van der Waals surface area (Å²) in [6.07, 6.45) is 1.02. The van der Waals surface area contributed by atoms with E-state index in [2.05, 4.69) is 36.4 Å². The first-order chi connectivity index (χ1) is 6.77. The number of hydrazine groups is 1. The summed E-state index contributed by atoms with van der Waals surface area (Å²) >= 11 is 0. The predicted octanol–water partition coefficient (Wildman–Crippen LogP) is 1.61. The number of nitrogens with two attached hydrogens (primary N) is 1. The molecule has 0 aliphatic carbocycles. The molecule has 1 aromatic rings. The molecule has 3 N–H and O–H groups in total. The molecule has 0 fully saturated rings. The van der Waals surface area contributed by atoms with Crippen LogP contribution in [-0.2, 0) is 0 Å². The maximum absolute atomic E-state index is 5.41. The molecule has 0 aromatic heterocycles. The minimum atomic E-state index is 0.760. The van der Waals surface area contributed by atoms with E-state index in [0.29, 0.717) is 0 Å². The molecule has 0 aliphatic rings. The normalized spacial score (nSPS) is 11.5. The van der Waals surface area contributed by atoms with Crippen LogP contribution in [0.2, 0.25) is 0 Å². The van der Waals surface area contributed by atoms with E-state index < -0.39 is 0 Å². The Morgan fingerprint density at radius 1 is 1.50 bits per heavy atom. The van der Waals surface area contributed by atoms with Crippen molar-refractivity contribution in [3.8, 4) is 0 Å². The Labute approximate surface area is 85.0 Å². The van der Waals surface area contributed by atoms with Gasteiger partial charge < -0.3 is 5.43 Å². The number of aryl methyl sites for hydroxylation is 1. The highest BCUT2D eigenvalue weighted by atomic mass is 15.2. The maximum atomic E-state index is 5.41. The van der Waals surface area contributed by atoms with Crippen molar-refractivity contribution in [3.63, 3.8) is 0 Å². The van der Waals surface area contributed by atoms with Crippen LogP contribution < -0.4 is 11.3 Å². The Morgan fingerprint density at radius 3 is 2.86 bits per heavy atom. The second-order valence-corrected chi connectivity index (χ2v) is 3.24. The maximum Gasteiger partial charge on any atom is 0.142 e. The van der Waals surface area contributed by atoms with Gasteiger partial charge in [0.05, 0.1) is 0 Å². The van der Waals surface area contributed by atoms with Gasteiger partial charge in [0.1, 0.15) is 5.84 Å². The first kappa shape index (κ1) is 10.7. The van der Waals surface area contributed by atoms with Crippen molar-refractivity contribution in [1.29, 1.82) is 0 Å². The fraction of sp³-hybridized carbons (Fsp3) is 0.364. The van der Waals surface area contributed by atoms with Gasteiger partial charge in [-0.1, -0.05) is 30.7 Å². The molecule has 1 aromatic carbocycles. The van der Waals surface area contributed by atoms with E-state index in [-0.39, 0.29) is 0 Å². The average molecular weight is 191 g/mol. The van der Waals surface area contributed by atoms with Gasteiger partial charge in [0.25, 0.3) is 0 Å². The summed E-state index contributed by atoms with van der Waals surface area (Å²) < 4.78 is 0. The Bertz CT molecular complexity index is 318. The SMILES string of the molecule is CCCN=C(NN)c1cccc(C)c1. The number of amidine groups is 1. The van der Waals surface area contributed by atoms with Crippen molar-refractivity contribution in [2.45, 2.75) is 20.3 Å². The molecule has 0 radical (unpaired) electrons. The van der Waals surface area contributed by atoms with Crippen LogP contribution in [0.4, 0.5) is 0 Å². The standard InChI is InChI=1S/C11H17N3/c1-3-7-13-11(14-12)10-6-4-5-9(2)8-10/h4-6,8H,3,7,12H2,1-2H3,(H,13,14). The van der Waals surface area contributed by atoms with Gasteiger partial charge in [0.15, 0.2) is 0 Å². The summed E-state index contributed by atoms with van der Waals surface area (Å²) in [5, 5.41) is 0. The average Bonchev–Trinajstić information content (AvgIpc) is 2.19. The zero-order chi connectivity index (χ0) is 10.4. The fourth-order valence-corrected chi connectivity index (χ4v) is 1.24. The highest BCUT2D eigenvalue weighted by Gasteiger charge is 1.99. The summed E-state index contributed by atoms with van der Waals surface area (Å²) in [4.78, 5) is 4.35. The van der Waals surface area contributed by atoms with Crippen LogP contribution >= 0.6 is 0 Å². The van der Waals surface area contributed by atoms with Crippen molar-refractivity contribution in [1.82, 2.24) is 5.43 Å². The van der Waals surface area contributed by atoms with Gasteiger partial charge in [-0.15, -0.1) is 0 Å². The molecule has 3 heteroatoms. The molecule has 0 saturated carbocycles. The molecular weight excluding hydrogens is 174 g/mol. The Balaban J connectivity index is 2.89. The van der Waals surface area contributed by atoms with Crippen LogP contribution in [-0.4, -0.2) is 12.4 Å². The van der Waals surface area contributed by atoms with Gasteiger partial charge in [-0.25, -0.2) is 5.84 Å². The number of nitrogens with zero attached hydrogens (tertiary/aromatic N) is 1. The molecular formula is C11H17N3. The zero-order valence-electron chi connectivity index (χ0n) is 8.75. The second-order valence-electron chi connectivity index (χ2n) is 3.24. The predicted molar refractivity (Wildman–Crippen MR) is 60.2 cm³/mol. The number of hydrogen-bond donors (Lipinski definition) is 2. The first-order valence-corrected chi connectivity index (χ1v) is 4.86. The van der Waals surface area contributed by atoms with Crippen molar-refractivity contribution < 1.29 is 0 Å². The van der Waals surface area contributed by atoms with Crippen LogP contribution in [0.5, 0.6) is 0 Å². The molecule has 0 amide bonds. The minimum Gasteiger partial charge on any atom is -0.308 e. The third-order valence-electron chi connectivity index (χ3n) is 1.92. The number of hydrogen-bond acceptors (Lipinski definition) is 2. The molecule has 0 spiro atoms. The topological polar surface area (TPSA) is 50.4 Å². The molecule has 0 bridgehead atoms. The molecule has 0 saturated heterocycles. The minimum absolute atomic E-state index is 0.760. The fourth-order valence-electron chi connectivity index (χ4n) is 1.24. The van der Waals surface area contributed by atoms with Gasteiger partial charge in [-0.05, 0) is 19.4 Å². The highest BCUT2D eigenvalue weighted by Crippen LogP contribution is 2.04. The number of benzene rings is 1. The van der Waals surface area contributed by atoms with E-state index in [1.807, 2.05) is 12.1 Å². The Morgan fingerprint density at radius 2 is 2.29 bits per heavy atom. The van der Waals surface area contributed by atoms with Gasteiger partial charge in [-0.2, -0.15) is 0 Å². The van der Waals surface area contributed by atoms with E-state index in [1.165, 1.54) is 5.56 Å². The Kier molecular flexibility index (Phi) is 4.13. The van der Waals surface area contributed by atoms with Crippen LogP contribution in [0.25, 0.3) is 0 Å². The second kappa shape index (κ2) is 5.40. The van der Waals surface area contributed by atoms with Gasteiger partial charge in [-0.3, -0.25) is 4.99 Å². The molecule has 76 valence electrons. The van der Waals surface area contributed by atoms with Gasteiger partial charge in [0.2, 0.25) is 0 Å². The van der Waals surface area contributed by atoms with Crippen molar-refractivity contribution in [3.05, 3.63) is 35.4 Å². The molecule has 1 rings (SSSR count). The van der Waals surface area contributed by atoms with Crippen LogP contribution in [0.15, 0.2) is 29.3 Å². The van der Waals surface area contributed by atoms with Gasteiger partial charge in [0, 0.05) is 12.1 Å². The third kappa shape index (κ3) is 2.85. The van der Waals surface area contributed by atoms with E-state index in [4.69, 9.17) is 5.84 Å².